The summed E-state index contributed by atoms with van der Waals surface area (Å²) >= 11 is 0. The standard InChI is InChI=1S/C17H29NO/c1-12(2)13-7-8-14(16(11-13)19-6)15(9-10-18)17(3,4)5/h7-8,11-12,15H,9-10,18H2,1-6H3. The van der Waals surface area contributed by atoms with Crippen molar-refractivity contribution < 1.29 is 4.74 Å². The zero-order valence-corrected chi connectivity index (χ0v) is 13.3. The third-order valence-corrected chi connectivity index (χ3v) is 3.80. The molecular weight excluding hydrogens is 234 g/mol. The van der Waals surface area contributed by atoms with Crippen LogP contribution in [0.4, 0.5) is 0 Å². The second-order valence-electron chi connectivity index (χ2n) is 6.65. The van der Waals surface area contributed by atoms with Gasteiger partial charge in [0.15, 0.2) is 0 Å². The predicted octanol–water partition coefficient (Wildman–Crippen LogP) is 4.30. The number of nitrogens with two attached hydrogens (primary N) is 1. The summed E-state index contributed by atoms with van der Waals surface area (Å²) in [7, 11) is 1.76. The van der Waals surface area contributed by atoms with Crippen molar-refractivity contribution in [3.8, 4) is 5.75 Å². The van der Waals surface area contributed by atoms with Gasteiger partial charge in [0.25, 0.3) is 0 Å². The lowest BCUT2D eigenvalue weighted by molar-refractivity contribution is 0.297. The molecule has 2 N–H and O–H groups in total. The number of ether oxygens (including phenoxy) is 1. The third kappa shape index (κ3) is 3.97. The fraction of sp³-hybridized carbons (Fsp3) is 0.647. The van der Waals surface area contributed by atoms with E-state index in [4.69, 9.17) is 10.5 Å². The van der Waals surface area contributed by atoms with Gasteiger partial charge >= 0.3 is 0 Å². The Labute approximate surface area is 118 Å². The van der Waals surface area contributed by atoms with Crippen LogP contribution >= 0.6 is 0 Å². The summed E-state index contributed by atoms with van der Waals surface area (Å²) in [5, 5.41) is 0. The summed E-state index contributed by atoms with van der Waals surface area (Å²) < 4.78 is 5.62. The van der Waals surface area contributed by atoms with E-state index >= 15 is 0 Å². The fourth-order valence-electron chi connectivity index (χ4n) is 2.60. The molecule has 0 heterocycles. The van der Waals surface area contributed by atoms with Crippen LogP contribution in [-0.2, 0) is 0 Å². The van der Waals surface area contributed by atoms with E-state index < -0.39 is 0 Å². The molecule has 1 rings (SSSR count). The lowest BCUT2D eigenvalue weighted by Gasteiger charge is -2.32. The van der Waals surface area contributed by atoms with Crippen LogP contribution in [0, 0.1) is 5.41 Å². The normalized spacial score (nSPS) is 13.7. The van der Waals surface area contributed by atoms with Crippen LogP contribution in [0.3, 0.4) is 0 Å². The maximum atomic E-state index is 5.79. The number of rotatable bonds is 5. The minimum atomic E-state index is 0.187. The minimum absolute atomic E-state index is 0.187. The first-order chi connectivity index (χ1) is 8.81. The van der Waals surface area contributed by atoms with Gasteiger partial charge < -0.3 is 10.5 Å². The molecule has 1 atom stereocenters. The Kier molecular flexibility index (Phi) is 5.42. The summed E-state index contributed by atoms with van der Waals surface area (Å²) in [6, 6.07) is 6.62. The van der Waals surface area contributed by atoms with Crippen LogP contribution in [0.15, 0.2) is 18.2 Å². The van der Waals surface area contributed by atoms with E-state index in [0.29, 0.717) is 18.4 Å². The van der Waals surface area contributed by atoms with Crippen molar-refractivity contribution in [2.45, 2.75) is 52.9 Å². The van der Waals surface area contributed by atoms with Gasteiger partial charge in [-0.05, 0) is 47.4 Å². The fourth-order valence-corrected chi connectivity index (χ4v) is 2.60. The Morgan fingerprint density at radius 2 is 1.84 bits per heavy atom. The summed E-state index contributed by atoms with van der Waals surface area (Å²) in [5.41, 5.74) is 8.58. The molecule has 108 valence electrons. The summed E-state index contributed by atoms with van der Waals surface area (Å²) in [6.07, 6.45) is 0.987. The van der Waals surface area contributed by atoms with Gasteiger partial charge in [0.05, 0.1) is 7.11 Å². The number of methoxy groups -OCH3 is 1. The molecule has 0 aliphatic rings. The zero-order chi connectivity index (χ0) is 14.6. The maximum Gasteiger partial charge on any atom is 0.122 e. The molecule has 0 amide bonds. The van der Waals surface area contributed by atoms with Crippen LogP contribution in [0.5, 0.6) is 5.75 Å². The van der Waals surface area contributed by atoms with Crippen molar-refractivity contribution >= 4 is 0 Å². The molecule has 0 aliphatic carbocycles. The van der Waals surface area contributed by atoms with Crippen molar-refractivity contribution in [1.29, 1.82) is 0 Å². The van der Waals surface area contributed by atoms with E-state index in [1.54, 1.807) is 7.11 Å². The number of benzene rings is 1. The van der Waals surface area contributed by atoms with Crippen LogP contribution in [0.1, 0.15) is 64.0 Å². The molecule has 0 radical (unpaired) electrons. The van der Waals surface area contributed by atoms with Gasteiger partial charge in [-0.3, -0.25) is 0 Å². The smallest absolute Gasteiger partial charge is 0.122 e. The molecule has 19 heavy (non-hydrogen) atoms. The Morgan fingerprint density at radius 3 is 2.26 bits per heavy atom. The number of hydrogen-bond donors (Lipinski definition) is 1. The maximum absolute atomic E-state index is 5.79. The Bertz CT molecular complexity index is 404. The van der Waals surface area contributed by atoms with Gasteiger partial charge in [0, 0.05) is 0 Å². The van der Waals surface area contributed by atoms with E-state index in [1.165, 1.54) is 11.1 Å². The molecule has 1 unspecified atom stereocenters. The highest BCUT2D eigenvalue weighted by Crippen LogP contribution is 2.42. The van der Waals surface area contributed by atoms with Crippen molar-refractivity contribution in [3.05, 3.63) is 29.3 Å². The quantitative estimate of drug-likeness (QED) is 0.859. The van der Waals surface area contributed by atoms with Crippen LogP contribution in [-0.4, -0.2) is 13.7 Å². The molecule has 1 aromatic rings. The second-order valence-corrected chi connectivity index (χ2v) is 6.65. The number of hydrogen-bond acceptors (Lipinski definition) is 2. The molecular formula is C17H29NO. The molecule has 0 aliphatic heterocycles. The first kappa shape index (κ1) is 16.0. The first-order valence-corrected chi connectivity index (χ1v) is 7.19. The van der Waals surface area contributed by atoms with Gasteiger partial charge in [0.1, 0.15) is 5.75 Å². The predicted molar refractivity (Wildman–Crippen MR) is 83.0 cm³/mol. The van der Waals surface area contributed by atoms with Crippen LogP contribution in [0.25, 0.3) is 0 Å². The van der Waals surface area contributed by atoms with Gasteiger partial charge in [-0.15, -0.1) is 0 Å². The van der Waals surface area contributed by atoms with E-state index in [0.717, 1.165) is 12.2 Å². The topological polar surface area (TPSA) is 35.2 Å². The summed E-state index contributed by atoms with van der Waals surface area (Å²) in [6.45, 7) is 11.9. The minimum Gasteiger partial charge on any atom is -0.496 e. The highest BCUT2D eigenvalue weighted by molar-refractivity contribution is 5.41. The van der Waals surface area contributed by atoms with Gasteiger partial charge in [0.2, 0.25) is 0 Å². The SMILES string of the molecule is COc1cc(C(C)C)ccc1C(CCN)C(C)(C)C. The first-order valence-electron chi connectivity index (χ1n) is 7.19. The molecule has 0 fully saturated rings. The highest BCUT2D eigenvalue weighted by atomic mass is 16.5. The van der Waals surface area contributed by atoms with Crippen molar-refractivity contribution in [1.82, 2.24) is 0 Å². The molecule has 2 nitrogen and oxygen atoms in total. The monoisotopic (exact) mass is 263 g/mol. The van der Waals surface area contributed by atoms with E-state index in [9.17, 15) is 0 Å². The van der Waals surface area contributed by atoms with Crippen LogP contribution in [0.2, 0.25) is 0 Å². The lowest BCUT2D eigenvalue weighted by atomic mass is 9.74. The average Bonchev–Trinajstić information content (AvgIpc) is 2.33. The molecule has 1 aromatic carbocycles. The molecule has 0 bridgehead atoms. The summed E-state index contributed by atoms with van der Waals surface area (Å²) in [4.78, 5) is 0. The molecule has 0 aromatic heterocycles. The van der Waals surface area contributed by atoms with Gasteiger partial charge in [-0.2, -0.15) is 0 Å². The largest absolute Gasteiger partial charge is 0.496 e. The Morgan fingerprint density at radius 1 is 1.21 bits per heavy atom. The highest BCUT2D eigenvalue weighted by Gasteiger charge is 2.28. The van der Waals surface area contributed by atoms with Crippen LogP contribution < -0.4 is 10.5 Å². The Balaban J connectivity index is 3.23. The van der Waals surface area contributed by atoms with E-state index in [-0.39, 0.29) is 5.41 Å². The van der Waals surface area contributed by atoms with Gasteiger partial charge in [-0.1, -0.05) is 46.8 Å². The second kappa shape index (κ2) is 6.42. The van der Waals surface area contributed by atoms with Gasteiger partial charge in [-0.25, -0.2) is 0 Å². The molecule has 0 saturated carbocycles. The average molecular weight is 263 g/mol. The Hall–Kier alpha value is -1.02. The summed E-state index contributed by atoms with van der Waals surface area (Å²) in [5.74, 6) is 1.94. The lowest BCUT2D eigenvalue weighted by Crippen LogP contribution is -2.22. The van der Waals surface area contributed by atoms with Crippen molar-refractivity contribution in [2.24, 2.45) is 11.1 Å². The van der Waals surface area contributed by atoms with E-state index in [2.05, 4.69) is 52.8 Å². The molecule has 0 spiro atoms. The van der Waals surface area contributed by atoms with Crippen molar-refractivity contribution in [2.75, 3.05) is 13.7 Å². The third-order valence-electron chi connectivity index (χ3n) is 3.80. The molecule has 2 heteroatoms. The molecule has 0 saturated heterocycles. The van der Waals surface area contributed by atoms with E-state index in [1.807, 2.05) is 0 Å². The van der Waals surface area contributed by atoms with Crippen molar-refractivity contribution in [3.63, 3.8) is 0 Å². The zero-order valence-electron chi connectivity index (χ0n) is 13.3.